The van der Waals surface area contributed by atoms with Gasteiger partial charge in [-0.05, 0) is 42.7 Å². The van der Waals surface area contributed by atoms with Crippen molar-refractivity contribution in [1.29, 1.82) is 0 Å². The summed E-state index contributed by atoms with van der Waals surface area (Å²) in [7, 11) is 1.58. The van der Waals surface area contributed by atoms with Crippen LogP contribution in [0.5, 0.6) is 5.75 Å². The molecule has 0 radical (unpaired) electrons. The van der Waals surface area contributed by atoms with Gasteiger partial charge in [0.1, 0.15) is 5.75 Å². The van der Waals surface area contributed by atoms with Gasteiger partial charge in [0.2, 0.25) is 0 Å². The molecule has 1 aliphatic heterocycles. The standard InChI is InChI=1S/C21H22Cl2N4O2/c1-29-18-7-4-12(9-16(18)23)10-17-19-14(5-6-15(22)20(19)24)21(26-25-17)27-8-2-3-13(27)11-28/h4-7,9,13,28H,2-3,8,10-11,24H2,1H3. The van der Waals surface area contributed by atoms with Gasteiger partial charge in [0.25, 0.3) is 0 Å². The molecule has 29 heavy (non-hydrogen) atoms. The summed E-state index contributed by atoms with van der Waals surface area (Å²) in [6.45, 7) is 0.906. The molecule has 2 aromatic carbocycles. The second kappa shape index (κ2) is 8.22. The fourth-order valence-electron chi connectivity index (χ4n) is 3.96. The smallest absolute Gasteiger partial charge is 0.159 e. The lowest BCUT2D eigenvalue weighted by atomic mass is 10.0. The van der Waals surface area contributed by atoms with E-state index in [-0.39, 0.29) is 12.6 Å². The Hall–Kier alpha value is -2.28. The monoisotopic (exact) mass is 432 g/mol. The summed E-state index contributed by atoms with van der Waals surface area (Å²) >= 11 is 12.6. The number of aliphatic hydroxyl groups is 1. The number of benzene rings is 2. The van der Waals surface area contributed by atoms with Crippen molar-refractivity contribution in [1.82, 2.24) is 10.2 Å². The number of hydrogen-bond donors (Lipinski definition) is 2. The van der Waals surface area contributed by atoms with Gasteiger partial charge >= 0.3 is 0 Å². The van der Waals surface area contributed by atoms with Crippen LogP contribution in [-0.4, -0.2) is 41.6 Å². The molecule has 0 spiro atoms. The largest absolute Gasteiger partial charge is 0.495 e. The molecule has 1 aliphatic rings. The highest BCUT2D eigenvalue weighted by Crippen LogP contribution is 2.37. The van der Waals surface area contributed by atoms with Crippen LogP contribution < -0.4 is 15.4 Å². The van der Waals surface area contributed by atoms with E-state index in [1.165, 1.54) is 0 Å². The zero-order valence-electron chi connectivity index (χ0n) is 16.0. The van der Waals surface area contributed by atoms with E-state index in [9.17, 15) is 5.11 Å². The van der Waals surface area contributed by atoms with E-state index in [0.717, 1.165) is 47.2 Å². The normalized spacial score (nSPS) is 16.6. The van der Waals surface area contributed by atoms with Gasteiger partial charge in [-0.25, -0.2) is 0 Å². The Labute approximate surface area is 179 Å². The lowest BCUT2D eigenvalue weighted by Crippen LogP contribution is -2.33. The molecule has 1 aromatic heterocycles. The Morgan fingerprint density at radius 1 is 1.21 bits per heavy atom. The van der Waals surface area contributed by atoms with Crippen LogP contribution in [0, 0.1) is 0 Å². The van der Waals surface area contributed by atoms with Crippen molar-refractivity contribution >= 4 is 45.5 Å². The van der Waals surface area contributed by atoms with Gasteiger partial charge in [0.05, 0.1) is 41.2 Å². The van der Waals surface area contributed by atoms with Crippen molar-refractivity contribution in [2.75, 3.05) is 30.9 Å². The topological polar surface area (TPSA) is 84.5 Å². The summed E-state index contributed by atoms with van der Waals surface area (Å²) in [5.41, 5.74) is 8.54. The van der Waals surface area contributed by atoms with Crippen LogP contribution in [0.15, 0.2) is 30.3 Å². The van der Waals surface area contributed by atoms with Crippen molar-refractivity contribution in [3.8, 4) is 5.75 Å². The zero-order valence-corrected chi connectivity index (χ0v) is 17.5. The first kappa shape index (κ1) is 20.0. The maximum absolute atomic E-state index is 9.73. The molecule has 1 atom stereocenters. The van der Waals surface area contributed by atoms with Gasteiger partial charge in [-0.15, -0.1) is 5.10 Å². The number of rotatable bonds is 5. The average molecular weight is 433 g/mol. The number of ether oxygens (including phenoxy) is 1. The second-order valence-corrected chi connectivity index (χ2v) is 7.99. The van der Waals surface area contributed by atoms with Gasteiger partial charge in [-0.2, -0.15) is 5.10 Å². The molecular formula is C21H22Cl2N4O2. The summed E-state index contributed by atoms with van der Waals surface area (Å²) in [5, 5.41) is 21.4. The molecule has 0 bridgehead atoms. The third-order valence-electron chi connectivity index (χ3n) is 5.43. The molecule has 0 saturated carbocycles. The van der Waals surface area contributed by atoms with Crippen LogP contribution in [0.4, 0.5) is 11.5 Å². The first-order valence-electron chi connectivity index (χ1n) is 9.46. The highest BCUT2D eigenvalue weighted by molar-refractivity contribution is 6.35. The minimum absolute atomic E-state index is 0.0376. The van der Waals surface area contributed by atoms with E-state index in [1.807, 2.05) is 24.3 Å². The highest BCUT2D eigenvalue weighted by Gasteiger charge is 2.28. The van der Waals surface area contributed by atoms with Crippen LogP contribution in [0.1, 0.15) is 24.1 Å². The van der Waals surface area contributed by atoms with Gasteiger partial charge in [0.15, 0.2) is 5.82 Å². The minimum atomic E-state index is 0.0376. The number of anilines is 2. The zero-order chi connectivity index (χ0) is 20.5. The Morgan fingerprint density at radius 3 is 2.76 bits per heavy atom. The third-order valence-corrected chi connectivity index (χ3v) is 6.06. The number of halogens is 2. The molecule has 2 heterocycles. The summed E-state index contributed by atoms with van der Waals surface area (Å²) in [6.07, 6.45) is 2.43. The van der Waals surface area contributed by atoms with E-state index in [4.69, 9.17) is 33.7 Å². The molecule has 4 rings (SSSR count). The Kier molecular flexibility index (Phi) is 5.67. The molecule has 0 aliphatic carbocycles. The first-order valence-corrected chi connectivity index (χ1v) is 10.2. The SMILES string of the molecule is COc1ccc(Cc2nnc(N3CCCC3CO)c3ccc(Cl)c(N)c23)cc1Cl. The minimum Gasteiger partial charge on any atom is -0.495 e. The van der Waals surface area contributed by atoms with Gasteiger partial charge in [-0.1, -0.05) is 29.3 Å². The summed E-state index contributed by atoms with van der Waals surface area (Å²) in [4.78, 5) is 2.11. The molecule has 8 heteroatoms. The highest BCUT2D eigenvalue weighted by atomic mass is 35.5. The fraction of sp³-hybridized carbons (Fsp3) is 0.333. The van der Waals surface area contributed by atoms with E-state index < -0.39 is 0 Å². The molecule has 3 aromatic rings. The lowest BCUT2D eigenvalue weighted by Gasteiger charge is -2.25. The van der Waals surface area contributed by atoms with Gasteiger partial charge < -0.3 is 20.5 Å². The van der Waals surface area contributed by atoms with Crippen molar-refractivity contribution in [3.05, 3.63) is 51.6 Å². The summed E-state index contributed by atoms with van der Waals surface area (Å²) in [6, 6.07) is 9.36. The lowest BCUT2D eigenvalue weighted by molar-refractivity contribution is 0.266. The average Bonchev–Trinajstić information content (AvgIpc) is 3.19. The number of aliphatic hydroxyl groups excluding tert-OH is 1. The number of fused-ring (bicyclic) bond motifs is 1. The number of methoxy groups -OCH3 is 1. The number of aromatic nitrogens is 2. The number of nitrogen functional groups attached to an aromatic ring is 1. The van der Waals surface area contributed by atoms with Crippen LogP contribution in [0.2, 0.25) is 10.0 Å². The summed E-state index contributed by atoms with van der Waals surface area (Å²) in [5.74, 6) is 1.35. The summed E-state index contributed by atoms with van der Waals surface area (Å²) < 4.78 is 5.23. The third kappa shape index (κ3) is 3.68. The molecule has 6 nitrogen and oxygen atoms in total. The van der Waals surface area contributed by atoms with Crippen molar-refractivity contribution in [3.63, 3.8) is 0 Å². The van der Waals surface area contributed by atoms with Crippen molar-refractivity contribution in [2.45, 2.75) is 25.3 Å². The number of hydrogen-bond acceptors (Lipinski definition) is 6. The van der Waals surface area contributed by atoms with Crippen LogP contribution in [0.25, 0.3) is 10.8 Å². The number of nitrogens with zero attached hydrogens (tertiary/aromatic N) is 3. The fourth-order valence-corrected chi connectivity index (χ4v) is 4.39. The van der Waals surface area contributed by atoms with Crippen LogP contribution in [-0.2, 0) is 6.42 Å². The predicted molar refractivity (Wildman–Crippen MR) is 117 cm³/mol. The molecule has 152 valence electrons. The maximum atomic E-state index is 9.73. The predicted octanol–water partition coefficient (Wildman–Crippen LogP) is 4.08. The van der Waals surface area contributed by atoms with E-state index >= 15 is 0 Å². The first-order chi connectivity index (χ1) is 14.0. The Balaban J connectivity index is 1.82. The van der Waals surface area contributed by atoms with Crippen LogP contribution in [0.3, 0.4) is 0 Å². The van der Waals surface area contributed by atoms with E-state index in [2.05, 4.69) is 15.1 Å². The second-order valence-electron chi connectivity index (χ2n) is 7.17. The van der Waals surface area contributed by atoms with E-state index in [0.29, 0.717) is 27.9 Å². The van der Waals surface area contributed by atoms with Crippen molar-refractivity contribution in [2.24, 2.45) is 0 Å². The molecule has 1 saturated heterocycles. The molecular weight excluding hydrogens is 411 g/mol. The Bertz CT molecular complexity index is 1060. The maximum Gasteiger partial charge on any atom is 0.159 e. The quantitative estimate of drug-likeness (QED) is 0.590. The van der Waals surface area contributed by atoms with Gasteiger partial charge in [0, 0.05) is 23.7 Å². The number of nitrogens with two attached hydrogens (primary N) is 1. The van der Waals surface area contributed by atoms with E-state index in [1.54, 1.807) is 13.2 Å². The molecule has 1 fully saturated rings. The molecule has 0 amide bonds. The molecule has 1 unspecified atom stereocenters. The molecule has 3 N–H and O–H groups in total. The van der Waals surface area contributed by atoms with Crippen molar-refractivity contribution < 1.29 is 9.84 Å². The Morgan fingerprint density at radius 2 is 2.03 bits per heavy atom. The van der Waals surface area contributed by atoms with Crippen LogP contribution >= 0.6 is 23.2 Å². The van der Waals surface area contributed by atoms with Gasteiger partial charge in [-0.3, -0.25) is 0 Å².